The van der Waals surface area contributed by atoms with Crippen molar-refractivity contribution in [3.8, 4) is 0 Å². The second kappa shape index (κ2) is 4.89. The van der Waals surface area contributed by atoms with Gasteiger partial charge in [-0.15, -0.1) is 0 Å². The lowest BCUT2D eigenvalue weighted by atomic mass is 9.90. The first kappa shape index (κ1) is 12.4. The van der Waals surface area contributed by atoms with E-state index in [2.05, 4.69) is 29.4 Å². The average molecular weight is 260 g/mol. The fourth-order valence-corrected chi connectivity index (χ4v) is 5.29. The fourth-order valence-electron chi connectivity index (χ4n) is 5.29. The Bertz CT molecular complexity index is 350. The molecule has 0 radical (unpaired) electrons. The molecule has 0 spiro atoms. The van der Waals surface area contributed by atoms with E-state index in [0.717, 1.165) is 35.8 Å². The molecule has 1 N–H and O–H groups in total. The third kappa shape index (κ3) is 2.27. The third-order valence-corrected chi connectivity index (χ3v) is 6.45. The topological polar surface area (TPSA) is 15.3 Å². The van der Waals surface area contributed by atoms with Crippen LogP contribution in [0.15, 0.2) is 12.2 Å². The van der Waals surface area contributed by atoms with Gasteiger partial charge >= 0.3 is 0 Å². The number of piperidine rings is 1. The molecule has 2 heterocycles. The fraction of sp³-hybridized carbons (Fsp3) is 0.882. The summed E-state index contributed by atoms with van der Waals surface area (Å²) in [5.41, 5.74) is 0. The number of nitrogens with zero attached hydrogens (tertiary/aromatic N) is 1. The van der Waals surface area contributed by atoms with Crippen LogP contribution in [0.5, 0.6) is 0 Å². The second-order valence-electron chi connectivity index (χ2n) is 7.59. The Morgan fingerprint density at radius 2 is 1.79 bits per heavy atom. The van der Waals surface area contributed by atoms with Gasteiger partial charge < -0.3 is 10.2 Å². The van der Waals surface area contributed by atoms with Crippen LogP contribution >= 0.6 is 0 Å². The molecule has 5 unspecified atom stereocenters. The lowest BCUT2D eigenvalue weighted by Crippen LogP contribution is -2.43. The molecular formula is C17H28N2. The van der Waals surface area contributed by atoms with Gasteiger partial charge in [-0.3, -0.25) is 0 Å². The monoisotopic (exact) mass is 260 g/mol. The second-order valence-corrected chi connectivity index (χ2v) is 7.59. The molecule has 3 fully saturated rings. The Hall–Kier alpha value is -0.340. The zero-order valence-electron chi connectivity index (χ0n) is 12.2. The highest BCUT2D eigenvalue weighted by Gasteiger charge is 2.38. The van der Waals surface area contributed by atoms with E-state index < -0.39 is 0 Å². The van der Waals surface area contributed by atoms with Crippen molar-refractivity contribution in [3.05, 3.63) is 12.2 Å². The normalized spacial score (nSPS) is 48.3. The van der Waals surface area contributed by atoms with Crippen LogP contribution in [0.4, 0.5) is 0 Å². The molecule has 2 heteroatoms. The summed E-state index contributed by atoms with van der Waals surface area (Å²) in [4.78, 5) is 2.65. The predicted octanol–water partition coefficient (Wildman–Crippen LogP) is 2.66. The van der Waals surface area contributed by atoms with Gasteiger partial charge in [0.15, 0.2) is 0 Å². The number of allylic oxidation sites excluding steroid dienone is 2. The van der Waals surface area contributed by atoms with Crippen molar-refractivity contribution in [1.29, 1.82) is 0 Å². The third-order valence-electron chi connectivity index (χ3n) is 6.45. The maximum Gasteiger partial charge on any atom is 0.00988 e. The Morgan fingerprint density at radius 3 is 2.42 bits per heavy atom. The SMILES string of the molecule is CN1C2CCC1CC(CNCC1CC3C=CC1C3)C2. The highest BCUT2D eigenvalue weighted by Crippen LogP contribution is 2.43. The Balaban J connectivity index is 1.22. The summed E-state index contributed by atoms with van der Waals surface area (Å²) in [6.07, 6.45) is 13.6. The minimum Gasteiger partial charge on any atom is -0.316 e. The van der Waals surface area contributed by atoms with E-state index in [-0.39, 0.29) is 0 Å². The van der Waals surface area contributed by atoms with E-state index in [1.807, 2.05) is 0 Å². The van der Waals surface area contributed by atoms with Crippen LogP contribution < -0.4 is 5.32 Å². The first-order valence-corrected chi connectivity index (χ1v) is 8.40. The Labute approximate surface area is 117 Å². The van der Waals surface area contributed by atoms with Gasteiger partial charge in [-0.05, 0) is 82.3 Å². The van der Waals surface area contributed by atoms with Gasteiger partial charge in [0, 0.05) is 12.1 Å². The summed E-state index contributed by atoms with van der Waals surface area (Å²) in [5, 5.41) is 3.81. The highest BCUT2D eigenvalue weighted by molar-refractivity contribution is 5.10. The molecule has 0 aromatic rings. The maximum absolute atomic E-state index is 3.81. The lowest BCUT2D eigenvalue weighted by molar-refractivity contribution is 0.132. The molecule has 19 heavy (non-hydrogen) atoms. The van der Waals surface area contributed by atoms with Crippen LogP contribution in [0, 0.1) is 23.7 Å². The average Bonchev–Trinajstić information content (AvgIpc) is 3.05. The number of hydrogen-bond acceptors (Lipinski definition) is 2. The summed E-state index contributed by atoms with van der Waals surface area (Å²) in [5.74, 6) is 3.72. The van der Waals surface area contributed by atoms with Crippen molar-refractivity contribution in [2.24, 2.45) is 23.7 Å². The molecule has 2 saturated heterocycles. The maximum atomic E-state index is 3.81. The summed E-state index contributed by atoms with van der Waals surface area (Å²) in [6, 6.07) is 1.80. The van der Waals surface area contributed by atoms with Gasteiger partial charge in [-0.1, -0.05) is 12.2 Å². The van der Waals surface area contributed by atoms with Crippen LogP contribution in [0.2, 0.25) is 0 Å². The molecular weight excluding hydrogens is 232 g/mol. The van der Waals surface area contributed by atoms with Gasteiger partial charge in [-0.25, -0.2) is 0 Å². The minimum atomic E-state index is 0.899. The molecule has 0 aromatic carbocycles. The van der Waals surface area contributed by atoms with Gasteiger partial charge in [0.25, 0.3) is 0 Å². The van der Waals surface area contributed by atoms with E-state index in [4.69, 9.17) is 0 Å². The van der Waals surface area contributed by atoms with Crippen LogP contribution in [0.25, 0.3) is 0 Å². The number of hydrogen-bond donors (Lipinski definition) is 1. The molecule has 4 rings (SSSR count). The van der Waals surface area contributed by atoms with Gasteiger partial charge in [-0.2, -0.15) is 0 Å². The smallest absolute Gasteiger partial charge is 0.00988 e. The predicted molar refractivity (Wildman–Crippen MR) is 79.0 cm³/mol. The van der Waals surface area contributed by atoms with Crippen molar-refractivity contribution in [1.82, 2.24) is 10.2 Å². The Morgan fingerprint density at radius 1 is 1.00 bits per heavy atom. The zero-order chi connectivity index (χ0) is 12.8. The lowest BCUT2D eigenvalue weighted by Gasteiger charge is -2.36. The molecule has 2 nitrogen and oxygen atoms in total. The van der Waals surface area contributed by atoms with E-state index in [1.165, 1.54) is 51.6 Å². The van der Waals surface area contributed by atoms with Crippen LogP contribution in [0.1, 0.15) is 38.5 Å². The van der Waals surface area contributed by atoms with Crippen molar-refractivity contribution >= 4 is 0 Å². The molecule has 0 aromatic heterocycles. The summed E-state index contributed by atoms with van der Waals surface area (Å²) < 4.78 is 0. The standard InChI is InChI=1S/C17H28N2/c1-19-16-4-5-17(19)9-13(8-16)10-18-11-15-7-12-2-3-14(15)6-12/h2-3,12-18H,4-11H2,1H3. The van der Waals surface area contributed by atoms with Crippen LogP contribution in [0.3, 0.4) is 0 Å². The molecule has 4 aliphatic rings. The van der Waals surface area contributed by atoms with E-state index >= 15 is 0 Å². The molecule has 4 bridgehead atoms. The van der Waals surface area contributed by atoms with Crippen LogP contribution in [-0.2, 0) is 0 Å². The van der Waals surface area contributed by atoms with Crippen molar-refractivity contribution in [2.75, 3.05) is 20.1 Å². The van der Waals surface area contributed by atoms with Gasteiger partial charge in [0.1, 0.15) is 0 Å². The van der Waals surface area contributed by atoms with E-state index in [9.17, 15) is 0 Å². The molecule has 2 aliphatic heterocycles. The summed E-state index contributed by atoms with van der Waals surface area (Å²) in [6.45, 7) is 2.55. The van der Waals surface area contributed by atoms with Crippen molar-refractivity contribution in [3.63, 3.8) is 0 Å². The van der Waals surface area contributed by atoms with Gasteiger partial charge in [0.05, 0.1) is 0 Å². The van der Waals surface area contributed by atoms with E-state index in [0.29, 0.717) is 0 Å². The molecule has 5 atom stereocenters. The molecule has 1 saturated carbocycles. The zero-order valence-corrected chi connectivity index (χ0v) is 12.2. The molecule has 106 valence electrons. The van der Waals surface area contributed by atoms with Crippen molar-refractivity contribution < 1.29 is 0 Å². The van der Waals surface area contributed by atoms with Crippen LogP contribution in [-0.4, -0.2) is 37.1 Å². The number of fused-ring (bicyclic) bond motifs is 4. The van der Waals surface area contributed by atoms with E-state index in [1.54, 1.807) is 0 Å². The minimum absolute atomic E-state index is 0.899. The number of rotatable bonds is 4. The quantitative estimate of drug-likeness (QED) is 0.782. The number of nitrogens with one attached hydrogen (secondary N) is 1. The summed E-state index contributed by atoms with van der Waals surface area (Å²) >= 11 is 0. The molecule has 0 amide bonds. The first-order chi connectivity index (χ1) is 9.29. The highest BCUT2D eigenvalue weighted by atomic mass is 15.2. The summed E-state index contributed by atoms with van der Waals surface area (Å²) in [7, 11) is 2.34. The first-order valence-electron chi connectivity index (χ1n) is 8.40. The van der Waals surface area contributed by atoms with Gasteiger partial charge in [0.2, 0.25) is 0 Å². The largest absolute Gasteiger partial charge is 0.316 e. The van der Waals surface area contributed by atoms with Crippen molar-refractivity contribution in [2.45, 2.75) is 50.6 Å². The Kier molecular flexibility index (Phi) is 3.19. The molecule has 2 aliphatic carbocycles.